The summed E-state index contributed by atoms with van der Waals surface area (Å²) in [6.07, 6.45) is 0. The molecule has 0 unspecified atom stereocenters. The van der Waals surface area contributed by atoms with Gasteiger partial charge in [-0.05, 0) is 45.0 Å². The number of rotatable bonds is 7. The Morgan fingerprint density at radius 2 is 1.64 bits per heavy atom. The van der Waals surface area contributed by atoms with Crippen molar-refractivity contribution in [2.75, 3.05) is 4.90 Å². The molecule has 0 bridgehead atoms. The Labute approximate surface area is 268 Å². The number of anilines is 1. The number of carbonyl (C=O) groups is 2. The predicted octanol–water partition coefficient (Wildman–Crippen LogP) is 8.81. The Hall–Kier alpha value is -4.73. The van der Waals surface area contributed by atoms with E-state index in [9.17, 15) is 14.7 Å². The lowest BCUT2D eigenvalue weighted by Crippen LogP contribution is -2.31. The first-order valence-electron chi connectivity index (χ1n) is 14.5. The van der Waals surface area contributed by atoms with E-state index in [1.165, 1.54) is 44.3 Å². The van der Waals surface area contributed by atoms with Crippen LogP contribution in [-0.4, -0.2) is 27.0 Å². The molecule has 1 amide bonds. The van der Waals surface area contributed by atoms with Crippen molar-refractivity contribution >= 4 is 61.7 Å². The molecule has 1 aliphatic rings. The van der Waals surface area contributed by atoms with Crippen LogP contribution in [0.5, 0.6) is 0 Å². The first-order chi connectivity index (χ1) is 21.7. The number of thioether (sulfide) groups is 1. The van der Waals surface area contributed by atoms with Crippen LogP contribution in [0.3, 0.4) is 0 Å². The Morgan fingerprint density at radius 1 is 0.933 bits per heavy atom. The lowest BCUT2D eigenvalue weighted by Gasteiger charge is -2.25. The molecule has 0 aliphatic carbocycles. The zero-order valence-corrected chi connectivity index (χ0v) is 26.5. The van der Waals surface area contributed by atoms with Crippen molar-refractivity contribution in [2.45, 2.75) is 42.3 Å². The van der Waals surface area contributed by atoms with Crippen molar-refractivity contribution in [3.05, 3.63) is 131 Å². The van der Waals surface area contributed by atoms with Gasteiger partial charge in [0.1, 0.15) is 5.58 Å². The monoisotopic (exact) mass is 631 g/mol. The molecule has 224 valence electrons. The number of aliphatic hydroxyl groups is 1. The van der Waals surface area contributed by atoms with E-state index in [0.717, 1.165) is 10.9 Å². The number of hydrogen-bond acceptors (Lipinski definition) is 8. The minimum atomic E-state index is -0.920. The molecule has 1 aliphatic heterocycles. The summed E-state index contributed by atoms with van der Waals surface area (Å²) >= 11 is 2.78. The molecule has 2 aromatic heterocycles. The lowest BCUT2D eigenvalue weighted by molar-refractivity contribution is -0.117. The standard InChI is InChI=1S/C36H29N3O4S2/c1-36(2,3)25-17-15-22(16-18-25)30-29(31(40)28-19-23-10-5-7-14-27(23)43-28)32(41)33(42)39(30)34-37-38-35(45-34)44-20-24-12-8-11-21-9-4-6-13-26(21)24/h4-19,30,41H,20H2,1-3H3/t30-/m0/s1. The Bertz CT molecular complexity index is 2080. The summed E-state index contributed by atoms with van der Waals surface area (Å²) in [6.45, 7) is 6.36. The van der Waals surface area contributed by atoms with E-state index in [2.05, 4.69) is 55.2 Å². The van der Waals surface area contributed by atoms with E-state index in [1.54, 1.807) is 12.1 Å². The zero-order valence-electron chi connectivity index (χ0n) is 24.9. The Kier molecular flexibility index (Phi) is 7.30. The van der Waals surface area contributed by atoms with Gasteiger partial charge in [0.15, 0.2) is 15.9 Å². The summed E-state index contributed by atoms with van der Waals surface area (Å²) in [5.74, 6) is -1.17. The number of fused-ring (bicyclic) bond motifs is 2. The molecule has 0 spiro atoms. The molecular formula is C36H29N3O4S2. The summed E-state index contributed by atoms with van der Waals surface area (Å²) in [5, 5.41) is 23.4. The first-order valence-corrected chi connectivity index (χ1v) is 16.3. The summed E-state index contributed by atoms with van der Waals surface area (Å²) in [4.78, 5) is 29.1. The van der Waals surface area contributed by atoms with Crippen molar-refractivity contribution in [3.8, 4) is 0 Å². The zero-order chi connectivity index (χ0) is 31.3. The number of hydrogen-bond donors (Lipinski definition) is 1. The molecule has 4 aromatic carbocycles. The largest absolute Gasteiger partial charge is 0.503 e. The van der Waals surface area contributed by atoms with Crippen LogP contribution in [0.2, 0.25) is 0 Å². The van der Waals surface area contributed by atoms with Gasteiger partial charge in [-0.15, -0.1) is 10.2 Å². The van der Waals surface area contributed by atoms with Gasteiger partial charge in [-0.1, -0.05) is 129 Å². The third-order valence-electron chi connectivity index (χ3n) is 8.03. The van der Waals surface area contributed by atoms with Gasteiger partial charge in [-0.3, -0.25) is 14.5 Å². The second-order valence-electron chi connectivity index (χ2n) is 12.0. The number of amides is 1. The van der Waals surface area contributed by atoms with Crippen molar-refractivity contribution in [1.29, 1.82) is 0 Å². The van der Waals surface area contributed by atoms with Gasteiger partial charge in [0.25, 0.3) is 5.91 Å². The average molecular weight is 632 g/mol. The quantitative estimate of drug-likeness (QED) is 0.107. The minimum Gasteiger partial charge on any atom is -0.503 e. The third-order valence-corrected chi connectivity index (χ3v) is 10.1. The highest BCUT2D eigenvalue weighted by Crippen LogP contribution is 2.44. The summed E-state index contributed by atoms with van der Waals surface area (Å²) in [7, 11) is 0. The van der Waals surface area contributed by atoms with Gasteiger partial charge in [-0.2, -0.15) is 0 Å². The van der Waals surface area contributed by atoms with E-state index in [0.29, 0.717) is 26.4 Å². The van der Waals surface area contributed by atoms with Crippen LogP contribution in [0.25, 0.3) is 21.7 Å². The van der Waals surface area contributed by atoms with Crippen LogP contribution in [0.4, 0.5) is 5.13 Å². The van der Waals surface area contributed by atoms with Crippen LogP contribution in [0.1, 0.15) is 54.1 Å². The van der Waals surface area contributed by atoms with Gasteiger partial charge in [0.05, 0.1) is 11.6 Å². The second kappa shape index (κ2) is 11.3. The number of nitrogens with zero attached hydrogens (tertiary/aromatic N) is 3. The van der Waals surface area contributed by atoms with Crippen molar-refractivity contribution < 1.29 is 19.1 Å². The molecule has 0 radical (unpaired) electrons. The number of ketones is 1. The van der Waals surface area contributed by atoms with E-state index >= 15 is 0 Å². The van der Waals surface area contributed by atoms with E-state index in [4.69, 9.17) is 4.42 Å². The molecule has 0 saturated heterocycles. The van der Waals surface area contributed by atoms with E-state index < -0.39 is 23.5 Å². The molecule has 1 N–H and O–H groups in total. The highest BCUT2D eigenvalue weighted by Gasteiger charge is 2.47. The predicted molar refractivity (Wildman–Crippen MR) is 179 cm³/mol. The fourth-order valence-electron chi connectivity index (χ4n) is 5.66. The number of Topliss-reactive ketones (excluding diaryl/α,β-unsaturated/α-hetero) is 1. The highest BCUT2D eigenvalue weighted by atomic mass is 32.2. The fraction of sp³-hybridized carbons (Fsp3) is 0.167. The maximum Gasteiger partial charge on any atom is 0.296 e. The number of furan rings is 1. The van der Waals surface area contributed by atoms with Gasteiger partial charge in [0, 0.05) is 11.1 Å². The van der Waals surface area contributed by atoms with Gasteiger partial charge < -0.3 is 9.52 Å². The summed E-state index contributed by atoms with van der Waals surface area (Å²) in [5.41, 5.74) is 3.34. The maximum absolute atomic E-state index is 14.0. The van der Waals surface area contributed by atoms with Crippen molar-refractivity contribution in [2.24, 2.45) is 0 Å². The molecule has 3 heterocycles. The van der Waals surface area contributed by atoms with Crippen LogP contribution < -0.4 is 4.90 Å². The molecule has 0 saturated carbocycles. The average Bonchev–Trinajstić information content (AvgIpc) is 3.76. The second-order valence-corrected chi connectivity index (χ2v) is 14.1. The van der Waals surface area contributed by atoms with Gasteiger partial charge in [0.2, 0.25) is 10.9 Å². The summed E-state index contributed by atoms with van der Waals surface area (Å²) < 4.78 is 6.54. The van der Waals surface area contributed by atoms with Gasteiger partial charge >= 0.3 is 0 Å². The maximum atomic E-state index is 14.0. The number of para-hydroxylation sites is 1. The molecule has 45 heavy (non-hydrogen) atoms. The topological polar surface area (TPSA) is 96.5 Å². The molecule has 9 heteroatoms. The first kappa shape index (κ1) is 29.0. The number of carbonyl (C=O) groups excluding carboxylic acids is 2. The van der Waals surface area contributed by atoms with E-state index in [1.807, 2.05) is 60.7 Å². The Balaban J connectivity index is 1.24. The molecule has 1 atom stereocenters. The molecule has 7 nitrogen and oxygen atoms in total. The Morgan fingerprint density at radius 3 is 2.40 bits per heavy atom. The minimum absolute atomic E-state index is 0.0484. The third kappa shape index (κ3) is 5.32. The van der Waals surface area contributed by atoms with Gasteiger partial charge in [-0.25, -0.2) is 0 Å². The number of aromatic nitrogens is 2. The van der Waals surface area contributed by atoms with Crippen LogP contribution in [-0.2, 0) is 16.0 Å². The fourth-order valence-corrected chi connectivity index (χ4v) is 7.53. The van der Waals surface area contributed by atoms with E-state index in [-0.39, 0.29) is 16.7 Å². The van der Waals surface area contributed by atoms with Crippen LogP contribution in [0, 0.1) is 0 Å². The molecule has 6 aromatic rings. The molecular weight excluding hydrogens is 603 g/mol. The smallest absolute Gasteiger partial charge is 0.296 e. The van der Waals surface area contributed by atoms with Crippen molar-refractivity contribution in [1.82, 2.24) is 10.2 Å². The number of benzene rings is 4. The highest BCUT2D eigenvalue weighted by molar-refractivity contribution is 8.00. The number of aliphatic hydroxyl groups excluding tert-OH is 1. The normalized spacial score (nSPS) is 15.5. The molecule has 0 fully saturated rings. The lowest BCUT2D eigenvalue weighted by atomic mass is 9.85. The van der Waals surface area contributed by atoms with Crippen molar-refractivity contribution in [3.63, 3.8) is 0 Å². The van der Waals surface area contributed by atoms with Crippen LogP contribution >= 0.6 is 23.1 Å². The SMILES string of the molecule is CC(C)(C)c1ccc([C@H]2C(C(=O)c3cc4ccccc4o3)=C(O)C(=O)N2c2nnc(SCc3cccc4ccccc34)s2)cc1. The van der Waals surface area contributed by atoms with Crippen LogP contribution in [0.15, 0.2) is 117 Å². The summed E-state index contributed by atoms with van der Waals surface area (Å²) in [6, 6.07) is 30.2. The molecule has 7 rings (SSSR count).